The Kier molecular flexibility index (Phi) is 5.22. The first-order valence-electron chi connectivity index (χ1n) is 8.67. The van der Waals surface area contributed by atoms with Crippen LogP contribution in [0.5, 0.6) is 5.75 Å². The zero-order valence-corrected chi connectivity index (χ0v) is 15.6. The van der Waals surface area contributed by atoms with Crippen molar-refractivity contribution < 1.29 is 4.74 Å². The highest BCUT2D eigenvalue weighted by Gasteiger charge is 2.18. The molecule has 7 heteroatoms. The summed E-state index contributed by atoms with van der Waals surface area (Å²) in [5, 5.41) is 0.696. The van der Waals surface area contributed by atoms with Gasteiger partial charge in [0, 0.05) is 12.1 Å². The number of ether oxygens (including phenoxy) is 1. The minimum atomic E-state index is -0.250. The van der Waals surface area contributed by atoms with Crippen molar-refractivity contribution in [3.63, 3.8) is 0 Å². The number of H-pyrrole nitrogens is 1. The molecule has 0 saturated heterocycles. The molecule has 3 aromatic heterocycles. The van der Waals surface area contributed by atoms with Crippen molar-refractivity contribution in [2.24, 2.45) is 0 Å². The van der Waals surface area contributed by atoms with E-state index in [4.69, 9.17) is 4.74 Å². The fraction of sp³-hybridized carbons (Fsp3) is 0.500. The third-order valence-electron chi connectivity index (χ3n) is 4.54. The first kappa shape index (κ1) is 17.7. The van der Waals surface area contributed by atoms with Crippen molar-refractivity contribution in [1.82, 2.24) is 14.5 Å². The van der Waals surface area contributed by atoms with E-state index in [-0.39, 0.29) is 17.2 Å². The van der Waals surface area contributed by atoms with E-state index in [0.29, 0.717) is 26.2 Å². The highest BCUT2D eigenvalue weighted by molar-refractivity contribution is 7.25. The Morgan fingerprint density at radius 2 is 2.12 bits per heavy atom. The van der Waals surface area contributed by atoms with Gasteiger partial charge in [-0.05, 0) is 13.3 Å². The van der Waals surface area contributed by atoms with E-state index in [1.54, 1.807) is 10.9 Å². The first-order chi connectivity index (χ1) is 12.1. The molecule has 3 rings (SSSR count). The smallest absolute Gasteiger partial charge is 0.271 e. The van der Waals surface area contributed by atoms with Crippen LogP contribution < -0.4 is 15.9 Å². The van der Waals surface area contributed by atoms with E-state index in [9.17, 15) is 9.59 Å². The molecule has 1 atom stereocenters. The van der Waals surface area contributed by atoms with Gasteiger partial charge in [0.05, 0.1) is 18.8 Å². The molecule has 134 valence electrons. The zero-order chi connectivity index (χ0) is 18.0. The standard InChI is InChI=1S/C18H23N3O3S/c1-4-5-6-7-8-11(2)21-10-19-15-14-12(24-3)9-13(22)20-17(14)25-16(15)18(21)23/h9-11H,4-8H2,1-3H3,(H,20,22). The van der Waals surface area contributed by atoms with Crippen LogP contribution in [-0.2, 0) is 0 Å². The number of rotatable bonds is 7. The number of aromatic amines is 1. The van der Waals surface area contributed by atoms with Crippen molar-refractivity contribution in [3.8, 4) is 5.75 Å². The summed E-state index contributed by atoms with van der Waals surface area (Å²) in [7, 11) is 1.51. The van der Waals surface area contributed by atoms with Gasteiger partial charge >= 0.3 is 0 Å². The molecule has 0 amide bonds. The minimum Gasteiger partial charge on any atom is -0.496 e. The number of methoxy groups -OCH3 is 1. The van der Waals surface area contributed by atoms with Crippen molar-refractivity contribution in [1.29, 1.82) is 0 Å². The van der Waals surface area contributed by atoms with Gasteiger partial charge in [0.2, 0.25) is 0 Å². The third-order valence-corrected chi connectivity index (χ3v) is 5.62. The van der Waals surface area contributed by atoms with Gasteiger partial charge in [0.1, 0.15) is 20.8 Å². The van der Waals surface area contributed by atoms with Crippen LogP contribution in [0.2, 0.25) is 0 Å². The lowest BCUT2D eigenvalue weighted by Gasteiger charge is -2.14. The van der Waals surface area contributed by atoms with E-state index >= 15 is 0 Å². The topological polar surface area (TPSA) is 77.0 Å². The summed E-state index contributed by atoms with van der Waals surface area (Å²) in [5.41, 5.74) is 0.283. The van der Waals surface area contributed by atoms with Gasteiger partial charge in [-0.1, -0.05) is 32.6 Å². The maximum atomic E-state index is 12.9. The summed E-state index contributed by atoms with van der Waals surface area (Å²) in [5.74, 6) is 0.447. The lowest BCUT2D eigenvalue weighted by Crippen LogP contribution is -2.23. The second kappa shape index (κ2) is 7.39. The lowest BCUT2D eigenvalue weighted by atomic mass is 10.1. The van der Waals surface area contributed by atoms with E-state index in [1.165, 1.54) is 43.8 Å². The predicted octanol–water partition coefficient (Wildman–Crippen LogP) is 3.84. The minimum absolute atomic E-state index is 0.0582. The van der Waals surface area contributed by atoms with Gasteiger partial charge in [-0.3, -0.25) is 14.2 Å². The van der Waals surface area contributed by atoms with Crippen LogP contribution >= 0.6 is 11.3 Å². The average molecular weight is 361 g/mol. The second-order valence-electron chi connectivity index (χ2n) is 6.34. The summed E-state index contributed by atoms with van der Waals surface area (Å²) in [6, 6.07) is 1.49. The van der Waals surface area contributed by atoms with Crippen LogP contribution in [0, 0.1) is 0 Å². The number of unbranched alkanes of at least 4 members (excludes halogenated alkanes) is 3. The Hall–Kier alpha value is -2.15. The highest BCUT2D eigenvalue weighted by atomic mass is 32.1. The number of thiophene rings is 1. The molecule has 3 aromatic rings. The molecule has 1 unspecified atom stereocenters. The number of pyridine rings is 1. The lowest BCUT2D eigenvalue weighted by molar-refractivity contribution is 0.419. The molecular weight excluding hydrogens is 338 g/mol. The number of aromatic nitrogens is 3. The molecule has 0 fully saturated rings. The van der Waals surface area contributed by atoms with Gasteiger partial charge in [-0.2, -0.15) is 0 Å². The van der Waals surface area contributed by atoms with Crippen LogP contribution in [0.15, 0.2) is 22.0 Å². The van der Waals surface area contributed by atoms with E-state index in [2.05, 4.69) is 23.8 Å². The normalized spacial score (nSPS) is 12.8. The summed E-state index contributed by atoms with van der Waals surface area (Å²) in [4.78, 5) is 32.6. The Balaban J connectivity index is 2.04. The molecule has 6 nitrogen and oxygen atoms in total. The van der Waals surface area contributed by atoms with Gasteiger partial charge in [-0.25, -0.2) is 4.98 Å². The second-order valence-corrected chi connectivity index (χ2v) is 7.36. The number of hydrogen-bond donors (Lipinski definition) is 1. The summed E-state index contributed by atoms with van der Waals surface area (Å²) >= 11 is 1.26. The molecule has 25 heavy (non-hydrogen) atoms. The Labute approximate surface area is 149 Å². The Morgan fingerprint density at radius 1 is 1.32 bits per heavy atom. The van der Waals surface area contributed by atoms with Gasteiger partial charge in [-0.15, -0.1) is 11.3 Å². The molecule has 3 heterocycles. The van der Waals surface area contributed by atoms with Crippen molar-refractivity contribution in [2.45, 2.75) is 52.0 Å². The molecule has 0 spiro atoms. The van der Waals surface area contributed by atoms with Crippen molar-refractivity contribution in [3.05, 3.63) is 33.1 Å². The molecule has 0 aliphatic heterocycles. The maximum absolute atomic E-state index is 12.9. The third kappa shape index (κ3) is 3.33. The number of fused-ring (bicyclic) bond motifs is 3. The number of hydrogen-bond acceptors (Lipinski definition) is 5. The zero-order valence-electron chi connectivity index (χ0n) is 14.8. The van der Waals surface area contributed by atoms with E-state index in [1.807, 2.05) is 0 Å². The van der Waals surface area contributed by atoms with Gasteiger partial charge < -0.3 is 9.72 Å². The van der Waals surface area contributed by atoms with Crippen LogP contribution in [-0.4, -0.2) is 21.6 Å². The molecule has 0 aliphatic carbocycles. The monoisotopic (exact) mass is 361 g/mol. The van der Waals surface area contributed by atoms with Crippen LogP contribution in [0.4, 0.5) is 0 Å². The maximum Gasteiger partial charge on any atom is 0.271 e. The Bertz CT molecular complexity index is 1000. The molecule has 0 saturated carbocycles. The Morgan fingerprint density at radius 3 is 2.84 bits per heavy atom. The first-order valence-corrected chi connectivity index (χ1v) is 9.49. The predicted molar refractivity (Wildman–Crippen MR) is 102 cm³/mol. The van der Waals surface area contributed by atoms with E-state index < -0.39 is 0 Å². The number of nitrogens with one attached hydrogen (secondary N) is 1. The average Bonchev–Trinajstić information content (AvgIpc) is 2.97. The van der Waals surface area contributed by atoms with Crippen molar-refractivity contribution in [2.75, 3.05) is 7.11 Å². The molecule has 0 bridgehead atoms. The number of nitrogens with zero attached hydrogens (tertiary/aromatic N) is 2. The fourth-order valence-electron chi connectivity index (χ4n) is 3.12. The SMILES string of the molecule is CCCCCCC(C)n1cnc2c(sc3[nH]c(=O)cc(OC)c32)c1=O. The summed E-state index contributed by atoms with van der Waals surface area (Å²) < 4.78 is 7.56. The quantitative estimate of drug-likeness (QED) is 0.649. The largest absolute Gasteiger partial charge is 0.496 e. The highest BCUT2D eigenvalue weighted by Crippen LogP contribution is 2.34. The fourth-order valence-corrected chi connectivity index (χ4v) is 4.22. The van der Waals surface area contributed by atoms with Gasteiger partial charge in [0.15, 0.2) is 0 Å². The molecule has 0 radical (unpaired) electrons. The summed E-state index contributed by atoms with van der Waals surface area (Å²) in [6.07, 6.45) is 7.29. The van der Waals surface area contributed by atoms with Crippen molar-refractivity contribution >= 4 is 31.8 Å². The molecule has 0 aliphatic rings. The molecule has 1 N–H and O–H groups in total. The van der Waals surface area contributed by atoms with Gasteiger partial charge in [0.25, 0.3) is 11.1 Å². The van der Waals surface area contributed by atoms with Crippen LogP contribution in [0.1, 0.15) is 52.0 Å². The molecular formula is C18H23N3O3S. The molecule has 0 aromatic carbocycles. The van der Waals surface area contributed by atoms with Crippen LogP contribution in [0.25, 0.3) is 20.4 Å². The van der Waals surface area contributed by atoms with Crippen LogP contribution in [0.3, 0.4) is 0 Å². The summed E-state index contributed by atoms with van der Waals surface area (Å²) in [6.45, 7) is 4.24. The van der Waals surface area contributed by atoms with E-state index in [0.717, 1.165) is 12.8 Å².